The average Bonchev–Trinajstić information content (AvgIpc) is 3.46. The largest absolute Gasteiger partial charge is 0.383 e. The van der Waals surface area contributed by atoms with Crippen LogP contribution in [0, 0.1) is 24.1 Å². The lowest BCUT2D eigenvalue weighted by Gasteiger charge is -2.29. The fraction of sp³-hybridized carbons (Fsp3) is 0.360. The molecule has 4 heterocycles. The Morgan fingerprint density at radius 1 is 1.18 bits per heavy atom. The van der Waals surface area contributed by atoms with E-state index < -0.39 is 5.82 Å². The predicted molar refractivity (Wildman–Crippen MR) is 125 cm³/mol. The Balaban J connectivity index is 1.69. The van der Waals surface area contributed by atoms with Crippen LogP contribution < -0.4 is 5.73 Å². The van der Waals surface area contributed by atoms with Gasteiger partial charge < -0.3 is 15.2 Å². The molecule has 0 saturated carbocycles. The van der Waals surface area contributed by atoms with Crippen LogP contribution >= 0.6 is 0 Å². The van der Waals surface area contributed by atoms with Gasteiger partial charge in [-0.05, 0) is 49.2 Å². The van der Waals surface area contributed by atoms with Crippen LogP contribution in [0.4, 0.5) is 10.2 Å². The van der Waals surface area contributed by atoms with Crippen LogP contribution in [0.25, 0.3) is 32.7 Å². The highest BCUT2D eigenvalue weighted by molar-refractivity contribution is 6.22. The summed E-state index contributed by atoms with van der Waals surface area (Å²) in [7, 11) is 1.89. The molecule has 0 bridgehead atoms. The van der Waals surface area contributed by atoms with Gasteiger partial charge in [-0.15, -0.1) is 6.42 Å². The second-order valence-corrected chi connectivity index (χ2v) is 9.02. The number of pyridine rings is 1. The average molecular weight is 442 g/mol. The summed E-state index contributed by atoms with van der Waals surface area (Å²) in [6, 6.07) is 0. The lowest BCUT2D eigenvalue weighted by molar-refractivity contribution is -0.134. The van der Waals surface area contributed by atoms with Gasteiger partial charge in [0.1, 0.15) is 23.5 Å². The van der Waals surface area contributed by atoms with Crippen molar-refractivity contribution in [3.63, 3.8) is 0 Å². The van der Waals surface area contributed by atoms with Crippen LogP contribution in [0.5, 0.6) is 0 Å². The summed E-state index contributed by atoms with van der Waals surface area (Å²) >= 11 is 0. The van der Waals surface area contributed by atoms with Crippen molar-refractivity contribution >= 4 is 44.4 Å². The monoisotopic (exact) mass is 442 g/mol. The number of aryl methyl sites for hydroxylation is 2. The summed E-state index contributed by atoms with van der Waals surface area (Å²) in [6.07, 6.45) is 12.5. The Kier molecular flexibility index (Phi) is 4.31. The first-order valence-electron chi connectivity index (χ1n) is 11.3. The lowest BCUT2D eigenvalue weighted by Crippen LogP contribution is -2.36. The smallest absolute Gasteiger partial charge is 0.226 e. The number of carbonyl (C=O) groups is 1. The maximum atomic E-state index is 15.7. The molecular formula is C25H23FN6O. The van der Waals surface area contributed by atoms with Gasteiger partial charge in [-0.25, -0.2) is 19.3 Å². The lowest BCUT2D eigenvalue weighted by atomic mass is 9.79. The number of nitrogens with two attached hydrogens (primary N) is 1. The van der Waals surface area contributed by atoms with Crippen LogP contribution in [0.2, 0.25) is 0 Å². The number of carbonyl (C=O) groups excluding carboxylic acids is 1. The number of halogens is 1. The molecule has 2 aliphatic rings. The molecular weight excluding hydrogens is 419 g/mol. The number of amides is 1. The molecule has 8 heteroatoms. The van der Waals surface area contributed by atoms with Gasteiger partial charge in [0.25, 0.3) is 0 Å². The number of hydrogen-bond donors (Lipinski definition) is 1. The SMILES string of the molecule is C#Cc1ncc2c(c1F)c1c(c3c4c(N)ncnc4n(C)c23)CC[C@@H](C(=O)N2CCCC2)C1. The minimum absolute atomic E-state index is 0.0184. The third-order valence-electron chi connectivity index (χ3n) is 7.34. The molecule has 1 amide bonds. The van der Waals surface area contributed by atoms with E-state index >= 15 is 4.39 Å². The van der Waals surface area contributed by atoms with E-state index in [1.165, 1.54) is 6.33 Å². The molecule has 33 heavy (non-hydrogen) atoms. The summed E-state index contributed by atoms with van der Waals surface area (Å²) in [6.45, 7) is 1.61. The van der Waals surface area contributed by atoms with Crippen molar-refractivity contribution < 1.29 is 9.18 Å². The van der Waals surface area contributed by atoms with Gasteiger partial charge in [0.05, 0.1) is 10.9 Å². The highest BCUT2D eigenvalue weighted by Crippen LogP contribution is 2.44. The predicted octanol–water partition coefficient (Wildman–Crippen LogP) is 3.10. The molecule has 0 radical (unpaired) electrons. The number of fused-ring (bicyclic) bond motifs is 8. The Morgan fingerprint density at radius 3 is 2.73 bits per heavy atom. The van der Waals surface area contributed by atoms with Gasteiger partial charge in [-0.1, -0.05) is 0 Å². The third kappa shape index (κ3) is 2.68. The van der Waals surface area contributed by atoms with Crippen molar-refractivity contribution in [2.75, 3.05) is 18.8 Å². The van der Waals surface area contributed by atoms with Crippen LogP contribution in [0.3, 0.4) is 0 Å². The summed E-state index contributed by atoms with van der Waals surface area (Å²) in [5.41, 5.74) is 9.61. The number of nitrogen functional groups attached to an aromatic ring is 1. The number of benzene rings is 1. The fourth-order valence-corrected chi connectivity index (χ4v) is 5.82. The van der Waals surface area contributed by atoms with E-state index in [0.717, 1.165) is 53.3 Å². The van der Waals surface area contributed by atoms with Crippen LogP contribution in [-0.2, 0) is 24.7 Å². The zero-order valence-corrected chi connectivity index (χ0v) is 18.4. The summed E-state index contributed by atoms with van der Waals surface area (Å²) in [5.74, 6) is 2.23. The zero-order chi connectivity index (χ0) is 22.9. The molecule has 2 N–H and O–H groups in total. The third-order valence-corrected chi connectivity index (χ3v) is 7.34. The molecule has 166 valence electrons. The molecule has 1 aromatic carbocycles. The Hall–Kier alpha value is -3.73. The highest BCUT2D eigenvalue weighted by Gasteiger charge is 2.34. The Morgan fingerprint density at radius 2 is 1.97 bits per heavy atom. The van der Waals surface area contributed by atoms with Gasteiger partial charge in [-0.3, -0.25) is 4.79 Å². The van der Waals surface area contributed by atoms with Crippen LogP contribution in [0.15, 0.2) is 12.5 Å². The van der Waals surface area contributed by atoms with Crippen LogP contribution in [-0.4, -0.2) is 43.4 Å². The van der Waals surface area contributed by atoms with Gasteiger partial charge in [0, 0.05) is 48.4 Å². The second-order valence-electron chi connectivity index (χ2n) is 9.02. The van der Waals surface area contributed by atoms with Gasteiger partial charge >= 0.3 is 0 Å². The first kappa shape index (κ1) is 19.9. The fourth-order valence-electron chi connectivity index (χ4n) is 5.82. The summed E-state index contributed by atoms with van der Waals surface area (Å²) in [5, 5.41) is 2.79. The number of anilines is 1. The molecule has 1 aliphatic heterocycles. The zero-order valence-electron chi connectivity index (χ0n) is 18.4. The maximum Gasteiger partial charge on any atom is 0.226 e. The van der Waals surface area contributed by atoms with Gasteiger partial charge in [0.2, 0.25) is 5.91 Å². The number of aromatic nitrogens is 4. The summed E-state index contributed by atoms with van der Waals surface area (Å²) in [4.78, 5) is 28.1. The van der Waals surface area contributed by atoms with E-state index in [4.69, 9.17) is 12.2 Å². The molecule has 7 nitrogen and oxygen atoms in total. The maximum absolute atomic E-state index is 15.7. The van der Waals surface area contributed by atoms with E-state index in [1.54, 1.807) is 6.20 Å². The summed E-state index contributed by atoms with van der Waals surface area (Å²) < 4.78 is 17.6. The van der Waals surface area contributed by atoms with Gasteiger partial charge in [0.15, 0.2) is 5.82 Å². The Bertz CT molecular complexity index is 1530. The number of terminal acetylenes is 1. The minimum Gasteiger partial charge on any atom is -0.383 e. The van der Waals surface area contributed by atoms with Gasteiger partial charge in [-0.2, -0.15) is 0 Å². The van der Waals surface area contributed by atoms with Crippen molar-refractivity contribution in [1.82, 2.24) is 24.4 Å². The molecule has 1 aliphatic carbocycles. The standard InChI is InChI=1S/C25H23FN6O/c1-3-17-21(26)18-15-10-13(25(33)32-8-4-5-9-32)6-7-14(15)19-20-23(27)29-12-30-24(20)31(2)22(19)16(18)11-28-17/h1,11-13H,4-10H2,2H3,(H2,27,29,30)/t13-/m1/s1. The van der Waals surface area contributed by atoms with E-state index in [0.29, 0.717) is 41.5 Å². The second kappa shape index (κ2) is 7.14. The quantitative estimate of drug-likeness (QED) is 0.458. The number of hydrogen-bond acceptors (Lipinski definition) is 5. The molecule has 0 unspecified atom stereocenters. The van der Waals surface area contributed by atoms with E-state index in [9.17, 15) is 4.79 Å². The molecule has 1 saturated heterocycles. The normalized spacial score (nSPS) is 18.2. The first-order valence-corrected chi connectivity index (χ1v) is 11.3. The highest BCUT2D eigenvalue weighted by atomic mass is 19.1. The molecule has 1 fully saturated rings. The Labute approximate surface area is 189 Å². The molecule has 3 aromatic heterocycles. The van der Waals surface area contributed by atoms with Crippen molar-refractivity contribution in [2.45, 2.75) is 32.1 Å². The van der Waals surface area contributed by atoms with Crippen molar-refractivity contribution in [1.29, 1.82) is 0 Å². The minimum atomic E-state index is -0.508. The molecule has 0 spiro atoms. The first-order chi connectivity index (χ1) is 16.0. The molecule has 6 rings (SSSR count). The number of rotatable bonds is 1. The van der Waals surface area contributed by atoms with Crippen LogP contribution in [0.1, 0.15) is 36.1 Å². The van der Waals surface area contributed by atoms with E-state index in [-0.39, 0.29) is 17.5 Å². The number of likely N-dealkylation sites (tertiary alicyclic amines) is 1. The topological polar surface area (TPSA) is 89.9 Å². The molecule has 1 atom stereocenters. The van der Waals surface area contributed by atoms with Crippen molar-refractivity contribution in [2.24, 2.45) is 13.0 Å². The van der Waals surface area contributed by atoms with E-state index in [2.05, 4.69) is 20.9 Å². The van der Waals surface area contributed by atoms with E-state index in [1.807, 2.05) is 16.5 Å². The molecule has 4 aromatic rings. The van der Waals surface area contributed by atoms with Crippen molar-refractivity contribution in [3.05, 3.63) is 35.2 Å². The number of nitrogens with zero attached hydrogens (tertiary/aromatic N) is 5. The van der Waals surface area contributed by atoms with Crippen molar-refractivity contribution in [3.8, 4) is 12.3 Å².